The van der Waals surface area contributed by atoms with Crippen molar-refractivity contribution in [2.75, 3.05) is 33.9 Å². The standard InChI is InChI=1S/C19H28N4O5/c1-4-28-19(25)23-9-7-14(8-10-23)22-18(20)21-12-13-5-6-15(17(24)27-3)16(11-13)26-2/h5-6,11,14H,4,7-10,12H2,1-3H3,(H3,20,21,22). The van der Waals surface area contributed by atoms with E-state index in [0.717, 1.165) is 18.4 Å². The molecule has 1 aliphatic heterocycles. The Morgan fingerprint density at radius 2 is 2.00 bits per heavy atom. The highest BCUT2D eigenvalue weighted by Gasteiger charge is 2.23. The van der Waals surface area contributed by atoms with E-state index in [0.29, 0.717) is 43.5 Å². The van der Waals surface area contributed by atoms with Crippen LogP contribution in [0, 0.1) is 0 Å². The third-order valence-electron chi connectivity index (χ3n) is 4.48. The molecule has 28 heavy (non-hydrogen) atoms. The first-order valence-electron chi connectivity index (χ1n) is 9.21. The van der Waals surface area contributed by atoms with Crippen LogP contribution in [0.5, 0.6) is 5.75 Å². The van der Waals surface area contributed by atoms with Gasteiger partial charge in [-0.1, -0.05) is 6.07 Å². The number of rotatable bonds is 6. The monoisotopic (exact) mass is 392 g/mol. The van der Waals surface area contributed by atoms with Crippen LogP contribution in [0.2, 0.25) is 0 Å². The topological polar surface area (TPSA) is 115 Å². The highest BCUT2D eigenvalue weighted by Crippen LogP contribution is 2.21. The summed E-state index contributed by atoms with van der Waals surface area (Å²) in [5.41, 5.74) is 7.20. The number of ether oxygens (including phenoxy) is 3. The summed E-state index contributed by atoms with van der Waals surface area (Å²) in [6, 6.07) is 5.32. The zero-order valence-electron chi connectivity index (χ0n) is 16.6. The molecule has 1 fully saturated rings. The summed E-state index contributed by atoms with van der Waals surface area (Å²) < 4.78 is 15.0. The molecule has 1 heterocycles. The number of likely N-dealkylation sites (tertiary alicyclic amines) is 1. The van der Waals surface area contributed by atoms with Gasteiger partial charge in [-0.25, -0.2) is 14.6 Å². The van der Waals surface area contributed by atoms with Gasteiger partial charge in [-0.05, 0) is 37.5 Å². The van der Waals surface area contributed by atoms with Crippen LogP contribution in [0.15, 0.2) is 23.2 Å². The van der Waals surface area contributed by atoms with Gasteiger partial charge in [-0.15, -0.1) is 0 Å². The average Bonchev–Trinajstić information content (AvgIpc) is 2.72. The van der Waals surface area contributed by atoms with E-state index in [4.69, 9.17) is 19.9 Å². The molecule has 0 saturated carbocycles. The Balaban J connectivity index is 1.88. The minimum absolute atomic E-state index is 0.158. The first-order chi connectivity index (χ1) is 13.5. The van der Waals surface area contributed by atoms with Crippen LogP contribution in [0.3, 0.4) is 0 Å². The molecule has 9 heteroatoms. The Morgan fingerprint density at radius 3 is 2.61 bits per heavy atom. The van der Waals surface area contributed by atoms with Gasteiger partial charge in [-0.3, -0.25) is 0 Å². The number of hydrogen-bond donors (Lipinski definition) is 2. The molecule has 2 rings (SSSR count). The van der Waals surface area contributed by atoms with Gasteiger partial charge in [-0.2, -0.15) is 0 Å². The largest absolute Gasteiger partial charge is 0.496 e. The zero-order valence-corrected chi connectivity index (χ0v) is 16.6. The molecule has 1 aliphatic rings. The predicted molar refractivity (Wildman–Crippen MR) is 104 cm³/mol. The second kappa shape index (κ2) is 10.4. The maximum absolute atomic E-state index is 11.7. The molecule has 1 aromatic rings. The molecule has 3 N–H and O–H groups in total. The van der Waals surface area contributed by atoms with E-state index in [-0.39, 0.29) is 12.1 Å². The Bertz CT molecular complexity index is 714. The van der Waals surface area contributed by atoms with Gasteiger partial charge < -0.3 is 30.2 Å². The van der Waals surface area contributed by atoms with Crippen molar-refractivity contribution in [2.45, 2.75) is 32.4 Å². The molecule has 0 unspecified atom stereocenters. The Morgan fingerprint density at radius 1 is 1.29 bits per heavy atom. The summed E-state index contributed by atoms with van der Waals surface area (Å²) in [5.74, 6) is 0.310. The van der Waals surface area contributed by atoms with E-state index in [2.05, 4.69) is 10.3 Å². The lowest BCUT2D eigenvalue weighted by molar-refractivity contribution is 0.0597. The summed E-state index contributed by atoms with van der Waals surface area (Å²) in [7, 11) is 2.82. The molecule has 0 aromatic heterocycles. The Hall–Kier alpha value is -2.97. The van der Waals surface area contributed by atoms with Crippen molar-refractivity contribution < 1.29 is 23.8 Å². The maximum Gasteiger partial charge on any atom is 0.409 e. The third kappa shape index (κ3) is 5.77. The number of nitrogens with two attached hydrogens (primary N) is 1. The summed E-state index contributed by atoms with van der Waals surface area (Å²) in [6.07, 6.45) is 1.28. The van der Waals surface area contributed by atoms with Crippen LogP contribution in [0.1, 0.15) is 35.7 Å². The van der Waals surface area contributed by atoms with Crippen molar-refractivity contribution in [2.24, 2.45) is 10.7 Å². The molecular formula is C19H28N4O5. The normalized spacial score (nSPS) is 15.1. The second-order valence-corrected chi connectivity index (χ2v) is 6.33. The number of amides is 1. The molecule has 154 valence electrons. The van der Waals surface area contributed by atoms with Crippen molar-refractivity contribution in [3.63, 3.8) is 0 Å². The lowest BCUT2D eigenvalue weighted by Gasteiger charge is -2.31. The van der Waals surface area contributed by atoms with Crippen molar-refractivity contribution in [3.05, 3.63) is 29.3 Å². The fraction of sp³-hybridized carbons (Fsp3) is 0.526. The number of nitrogens with zero attached hydrogens (tertiary/aromatic N) is 2. The van der Waals surface area contributed by atoms with E-state index in [1.54, 1.807) is 30.0 Å². The Kier molecular flexibility index (Phi) is 7.91. The van der Waals surface area contributed by atoms with Crippen LogP contribution in [0.25, 0.3) is 0 Å². The van der Waals surface area contributed by atoms with Crippen molar-refractivity contribution in [1.82, 2.24) is 10.2 Å². The molecule has 0 bridgehead atoms. The van der Waals surface area contributed by atoms with E-state index < -0.39 is 5.97 Å². The number of esters is 1. The van der Waals surface area contributed by atoms with Crippen LogP contribution in [-0.4, -0.2) is 62.9 Å². The van der Waals surface area contributed by atoms with Crippen LogP contribution in [-0.2, 0) is 16.0 Å². The number of methoxy groups -OCH3 is 2. The minimum Gasteiger partial charge on any atom is -0.496 e. The quantitative estimate of drug-likeness (QED) is 0.428. The second-order valence-electron chi connectivity index (χ2n) is 6.33. The third-order valence-corrected chi connectivity index (χ3v) is 4.48. The number of aliphatic imine (C=N–C) groups is 1. The lowest BCUT2D eigenvalue weighted by Crippen LogP contribution is -2.48. The number of benzene rings is 1. The van der Waals surface area contributed by atoms with Gasteiger partial charge in [0, 0.05) is 19.1 Å². The van der Waals surface area contributed by atoms with Gasteiger partial charge >= 0.3 is 12.1 Å². The molecule has 1 aromatic carbocycles. The fourth-order valence-electron chi connectivity index (χ4n) is 2.96. The van der Waals surface area contributed by atoms with Crippen LogP contribution < -0.4 is 15.8 Å². The van der Waals surface area contributed by atoms with E-state index in [1.807, 2.05) is 0 Å². The number of carbonyl (C=O) groups excluding carboxylic acids is 2. The zero-order chi connectivity index (χ0) is 20.5. The summed E-state index contributed by atoms with van der Waals surface area (Å²) in [6.45, 7) is 3.76. The van der Waals surface area contributed by atoms with Gasteiger partial charge in [0.2, 0.25) is 0 Å². The number of carbonyl (C=O) groups is 2. The smallest absolute Gasteiger partial charge is 0.409 e. The molecule has 1 amide bonds. The number of piperidine rings is 1. The van der Waals surface area contributed by atoms with Crippen LogP contribution >= 0.6 is 0 Å². The molecule has 0 spiro atoms. The van der Waals surface area contributed by atoms with Crippen molar-refractivity contribution in [3.8, 4) is 5.75 Å². The summed E-state index contributed by atoms with van der Waals surface area (Å²) in [5, 5.41) is 3.19. The molecular weight excluding hydrogens is 364 g/mol. The molecule has 9 nitrogen and oxygen atoms in total. The summed E-state index contributed by atoms with van der Waals surface area (Å²) in [4.78, 5) is 29.5. The van der Waals surface area contributed by atoms with Gasteiger partial charge in [0.15, 0.2) is 5.96 Å². The van der Waals surface area contributed by atoms with E-state index in [9.17, 15) is 9.59 Å². The van der Waals surface area contributed by atoms with Crippen molar-refractivity contribution in [1.29, 1.82) is 0 Å². The molecule has 1 saturated heterocycles. The first-order valence-corrected chi connectivity index (χ1v) is 9.21. The fourth-order valence-corrected chi connectivity index (χ4v) is 2.96. The highest BCUT2D eigenvalue weighted by molar-refractivity contribution is 5.92. The van der Waals surface area contributed by atoms with Gasteiger partial charge in [0.1, 0.15) is 11.3 Å². The summed E-state index contributed by atoms with van der Waals surface area (Å²) >= 11 is 0. The van der Waals surface area contributed by atoms with Gasteiger partial charge in [0.25, 0.3) is 0 Å². The molecule has 0 radical (unpaired) electrons. The minimum atomic E-state index is -0.456. The predicted octanol–water partition coefficient (Wildman–Crippen LogP) is 1.51. The molecule has 0 aliphatic carbocycles. The average molecular weight is 392 g/mol. The maximum atomic E-state index is 11.7. The van der Waals surface area contributed by atoms with Gasteiger partial charge in [0.05, 0.1) is 27.4 Å². The van der Waals surface area contributed by atoms with Crippen molar-refractivity contribution >= 4 is 18.0 Å². The highest BCUT2D eigenvalue weighted by atomic mass is 16.6. The molecule has 0 atom stereocenters. The number of nitrogens with one attached hydrogen (secondary N) is 1. The van der Waals surface area contributed by atoms with E-state index in [1.165, 1.54) is 14.2 Å². The SMILES string of the molecule is CCOC(=O)N1CCC(NC(N)=NCc2ccc(C(=O)OC)c(OC)c2)CC1. The first kappa shape index (κ1) is 21.3. The number of hydrogen-bond acceptors (Lipinski definition) is 6. The van der Waals surface area contributed by atoms with E-state index >= 15 is 0 Å². The van der Waals surface area contributed by atoms with Crippen LogP contribution in [0.4, 0.5) is 4.79 Å². The lowest BCUT2D eigenvalue weighted by atomic mass is 10.1. The number of guanidine groups is 1. The Labute approximate surface area is 164 Å².